The SMILES string of the molecule is Cc1ccc(C=Nc2ccccc2)c(O)c1. The maximum absolute atomic E-state index is 9.68. The van der Waals surface area contributed by atoms with Crippen molar-refractivity contribution in [3.05, 3.63) is 59.7 Å². The van der Waals surface area contributed by atoms with Crippen LogP contribution < -0.4 is 0 Å². The number of aromatic hydroxyl groups is 1. The molecule has 0 unspecified atom stereocenters. The molecule has 0 heterocycles. The fraction of sp³-hybridized carbons (Fsp3) is 0.0714. The van der Waals surface area contributed by atoms with Crippen LogP contribution in [0.3, 0.4) is 0 Å². The van der Waals surface area contributed by atoms with E-state index in [1.807, 2.05) is 49.4 Å². The monoisotopic (exact) mass is 211 g/mol. The normalized spacial score (nSPS) is 10.8. The van der Waals surface area contributed by atoms with Gasteiger partial charge in [-0.15, -0.1) is 0 Å². The molecule has 0 atom stereocenters. The predicted octanol–water partition coefficient (Wildman–Crippen LogP) is 3.45. The van der Waals surface area contributed by atoms with Gasteiger partial charge in [-0.1, -0.05) is 24.3 Å². The molecule has 0 aliphatic carbocycles. The summed E-state index contributed by atoms with van der Waals surface area (Å²) in [5.41, 5.74) is 2.64. The van der Waals surface area contributed by atoms with E-state index in [2.05, 4.69) is 4.99 Å². The molecule has 2 nitrogen and oxygen atoms in total. The lowest BCUT2D eigenvalue weighted by atomic mass is 10.1. The number of phenolic OH excluding ortho intramolecular Hbond substituents is 1. The third kappa shape index (κ3) is 2.48. The van der Waals surface area contributed by atoms with Crippen molar-refractivity contribution in [2.45, 2.75) is 6.92 Å². The zero-order valence-corrected chi connectivity index (χ0v) is 9.09. The van der Waals surface area contributed by atoms with Crippen LogP contribution in [0.1, 0.15) is 11.1 Å². The summed E-state index contributed by atoms with van der Waals surface area (Å²) in [6.45, 7) is 1.94. The van der Waals surface area contributed by atoms with Crippen molar-refractivity contribution in [3.63, 3.8) is 0 Å². The second-order valence-electron chi connectivity index (χ2n) is 3.66. The molecule has 0 spiro atoms. The highest BCUT2D eigenvalue weighted by Crippen LogP contribution is 2.18. The molecule has 0 amide bonds. The summed E-state index contributed by atoms with van der Waals surface area (Å²) in [4.78, 5) is 4.28. The molecule has 16 heavy (non-hydrogen) atoms. The van der Waals surface area contributed by atoms with Crippen molar-refractivity contribution in [1.82, 2.24) is 0 Å². The third-order valence-corrected chi connectivity index (χ3v) is 2.29. The Morgan fingerprint density at radius 2 is 1.81 bits per heavy atom. The maximum Gasteiger partial charge on any atom is 0.124 e. The van der Waals surface area contributed by atoms with Gasteiger partial charge in [0.1, 0.15) is 5.75 Å². The first-order chi connectivity index (χ1) is 7.75. The Morgan fingerprint density at radius 1 is 1.06 bits per heavy atom. The van der Waals surface area contributed by atoms with Crippen molar-refractivity contribution < 1.29 is 5.11 Å². The average molecular weight is 211 g/mol. The van der Waals surface area contributed by atoms with Gasteiger partial charge in [0.2, 0.25) is 0 Å². The van der Waals surface area contributed by atoms with Gasteiger partial charge < -0.3 is 5.11 Å². The van der Waals surface area contributed by atoms with Gasteiger partial charge >= 0.3 is 0 Å². The van der Waals surface area contributed by atoms with Crippen LogP contribution in [0.15, 0.2) is 53.5 Å². The first-order valence-electron chi connectivity index (χ1n) is 5.14. The molecule has 80 valence electrons. The van der Waals surface area contributed by atoms with Crippen LogP contribution >= 0.6 is 0 Å². The average Bonchev–Trinajstić information content (AvgIpc) is 2.29. The first-order valence-corrected chi connectivity index (χ1v) is 5.14. The molecule has 0 radical (unpaired) electrons. The highest BCUT2D eigenvalue weighted by Gasteiger charge is 1.97. The Labute approximate surface area is 94.9 Å². The second kappa shape index (κ2) is 4.62. The standard InChI is InChI=1S/C14H13NO/c1-11-7-8-12(14(16)9-11)10-15-13-5-3-2-4-6-13/h2-10,16H,1H3. The quantitative estimate of drug-likeness (QED) is 0.758. The number of benzene rings is 2. The molecule has 2 rings (SSSR count). The zero-order chi connectivity index (χ0) is 11.4. The number of rotatable bonds is 2. The summed E-state index contributed by atoms with van der Waals surface area (Å²) in [7, 11) is 0. The summed E-state index contributed by atoms with van der Waals surface area (Å²) in [5, 5.41) is 9.68. The second-order valence-corrected chi connectivity index (χ2v) is 3.66. The van der Waals surface area contributed by atoms with E-state index in [-0.39, 0.29) is 5.75 Å². The molecular formula is C14H13NO. The van der Waals surface area contributed by atoms with Crippen LogP contribution in [0, 0.1) is 6.92 Å². The molecule has 2 aromatic rings. The number of para-hydroxylation sites is 1. The molecule has 0 aliphatic heterocycles. The number of phenols is 1. The van der Waals surface area contributed by atoms with E-state index < -0.39 is 0 Å². The van der Waals surface area contributed by atoms with Gasteiger partial charge in [0, 0.05) is 11.8 Å². The van der Waals surface area contributed by atoms with E-state index in [4.69, 9.17) is 0 Å². The lowest BCUT2D eigenvalue weighted by Crippen LogP contribution is -1.83. The lowest BCUT2D eigenvalue weighted by molar-refractivity contribution is 0.474. The Morgan fingerprint density at radius 3 is 2.50 bits per heavy atom. The highest BCUT2D eigenvalue weighted by molar-refractivity contribution is 5.85. The third-order valence-electron chi connectivity index (χ3n) is 2.29. The van der Waals surface area contributed by atoms with Crippen molar-refractivity contribution in [1.29, 1.82) is 0 Å². The van der Waals surface area contributed by atoms with Gasteiger partial charge in [-0.3, -0.25) is 4.99 Å². The van der Waals surface area contributed by atoms with Crippen LogP contribution in [0.5, 0.6) is 5.75 Å². The van der Waals surface area contributed by atoms with E-state index in [9.17, 15) is 5.11 Å². The van der Waals surface area contributed by atoms with Gasteiger partial charge in [0.05, 0.1) is 5.69 Å². The summed E-state index contributed by atoms with van der Waals surface area (Å²) in [5.74, 6) is 0.264. The predicted molar refractivity (Wildman–Crippen MR) is 66.5 cm³/mol. The Balaban J connectivity index is 2.24. The van der Waals surface area contributed by atoms with E-state index in [1.165, 1.54) is 0 Å². The van der Waals surface area contributed by atoms with Crippen molar-refractivity contribution >= 4 is 11.9 Å². The minimum absolute atomic E-state index is 0.264. The topological polar surface area (TPSA) is 32.6 Å². The van der Waals surface area contributed by atoms with Crippen LogP contribution in [0.4, 0.5) is 5.69 Å². The summed E-state index contributed by atoms with van der Waals surface area (Å²) in [6.07, 6.45) is 1.67. The van der Waals surface area contributed by atoms with Crippen LogP contribution in [0.2, 0.25) is 0 Å². The van der Waals surface area contributed by atoms with Crippen molar-refractivity contribution in [2.24, 2.45) is 4.99 Å². The number of aryl methyl sites for hydroxylation is 1. The lowest BCUT2D eigenvalue weighted by Gasteiger charge is -1.99. The number of hydrogen-bond donors (Lipinski definition) is 1. The summed E-state index contributed by atoms with van der Waals surface area (Å²) in [6, 6.07) is 15.2. The number of nitrogens with zero attached hydrogens (tertiary/aromatic N) is 1. The van der Waals surface area contributed by atoms with Gasteiger partial charge in [0.15, 0.2) is 0 Å². The van der Waals surface area contributed by atoms with E-state index in [0.717, 1.165) is 16.8 Å². The number of hydrogen-bond acceptors (Lipinski definition) is 2. The molecule has 0 saturated carbocycles. The smallest absolute Gasteiger partial charge is 0.124 e. The fourth-order valence-electron chi connectivity index (χ4n) is 1.42. The Hall–Kier alpha value is -2.09. The van der Waals surface area contributed by atoms with E-state index >= 15 is 0 Å². The summed E-state index contributed by atoms with van der Waals surface area (Å²) < 4.78 is 0. The molecule has 2 aromatic carbocycles. The van der Waals surface area contributed by atoms with Gasteiger partial charge in [-0.05, 0) is 36.8 Å². The maximum atomic E-state index is 9.68. The number of aliphatic imine (C=N–C) groups is 1. The molecule has 0 bridgehead atoms. The van der Waals surface area contributed by atoms with Crippen LogP contribution in [-0.2, 0) is 0 Å². The largest absolute Gasteiger partial charge is 0.507 e. The molecule has 0 aliphatic rings. The van der Waals surface area contributed by atoms with E-state index in [0.29, 0.717) is 0 Å². The minimum atomic E-state index is 0.264. The van der Waals surface area contributed by atoms with E-state index in [1.54, 1.807) is 12.3 Å². The zero-order valence-electron chi connectivity index (χ0n) is 9.09. The molecule has 2 heteroatoms. The minimum Gasteiger partial charge on any atom is -0.507 e. The molecule has 0 aromatic heterocycles. The highest BCUT2D eigenvalue weighted by atomic mass is 16.3. The molecule has 0 fully saturated rings. The van der Waals surface area contributed by atoms with Crippen LogP contribution in [-0.4, -0.2) is 11.3 Å². The van der Waals surface area contributed by atoms with Crippen molar-refractivity contribution in [2.75, 3.05) is 0 Å². The van der Waals surface area contributed by atoms with Gasteiger partial charge in [-0.2, -0.15) is 0 Å². The fourth-order valence-corrected chi connectivity index (χ4v) is 1.42. The Kier molecular flexibility index (Phi) is 3.01. The summed E-state index contributed by atoms with van der Waals surface area (Å²) >= 11 is 0. The molecule has 1 N–H and O–H groups in total. The molecular weight excluding hydrogens is 198 g/mol. The van der Waals surface area contributed by atoms with Crippen LogP contribution in [0.25, 0.3) is 0 Å². The van der Waals surface area contributed by atoms with Gasteiger partial charge in [-0.25, -0.2) is 0 Å². The van der Waals surface area contributed by atoms with Gasteiger partial charge in [0.25, 0.3) is 0 Å². The Bertz CT molecular complexity index is 503. The van der Waals surface area contributed by atoms with Crippen molar-refractivity contribution in [3.8, 4) is 5.75 Å². The first kappa shape index (κ1) is 10.4. The molecule has 0 saturated heterocycles.